The molecule has 0 amide bonds. The van der Waals surface area contributed by atoms with Gasteiger partial charge in [0.25, 0.3) is 0 Å². The zero-order valence-electron chi connectivity index (χ0n) is 13.8. The first-order chi connectivity index (χ1) is 9.97. The molecule has 21 heavy (non-hydrogen) atoms. The van der Waals surface area contributed by atoms with Crippen LogP contribution in [0.25, 0.3) is 0 Å². The molecule has 0 radical (unpaired) electrons. The number of nitrogens with one attached hydrogen (secondary N) is 2. The number of hydrogen-bond acceptors (Lipinski definition) is 6. The predicted molar refractivity (Wildman–Crippen MR) is 86.1 cm³/mol. The highest BCUT2D eigenvalue weighted by molar-refractivity contribution is 5.48. The van der Waals surface area contributed by atoms with Crippen LogP contribution in [0, 0.1) is 0 Å². The van der Waals surface area contributed by atoms with E-state index in [9.17, 15) is 0 Å². The number of rotatable bonds is 9. The molecule has 1 aromatic heterocycles. The Morgan fingerprint density at radius 3 is 2.29 bits per heavy atom. The van der Waals surface area contributed by atoms with Gasteiger partial charge in [-0.3, -0.25) is 0 Å². The lowest BCUT2D eigenvalue weighted by atomic mass is 9.96. The average Bonchev–Trinajstić information content (AvgIpc) is 2.42. The second-order valence-electron chi connectivity index (χ2n) is 5.77. The first kappa shape index (κ1) is 17.7. The Hall–Kier alpha value is -1.40. The zero-order valence-corrected chi connectivity index (χ0v) is 13.8. The van der Waals surface area contributed by atoms with E-state index in [-0.39, 0.29) is 5.41 Å². The monoisotopic (exact) mass is 296 g/mol. The fourth-order valence-corrected chi connectivity index (χ4v) is 1.64. The van der Waals surface area contributed by atoms with Crippen LogP contribution in [0.1, 0.15) is 33.5 Å². The highest BCUT2D eigenvalue weighted by Crippen LogP contribution is 2.22. The highest BCUT2D eigenvalue weighted by Gasteiger charge is 2.19. The lowest BCUT2D eigenvalue weighted by molar-refractivity contribution is 0.0759. The summed E-state index contributed by atoms with van der Waals surface area (Å²) in [4.78, 5) is 9.13. The van der Waals surface area contributed by atoms with Crippen molar-refractivity contribution in [3.63, 3.8) is 0 Å². The summed E-state index contributed by atoms with van der Waals surface area (Å²) in [7, 11) is 1.67. The minimum Gasteiger partial charge on any atom is -0.382 e. The van der Waals surface area contributed by atoms with Crippen LogP contribution >= 0.6 is 0 Å². The molecule has 0 aliphatic carbocycles. The maximum Gasteiger partial charge on any atom is 0.138 e. The summed E-state index contributed by atoms with van der Waals surface area (Å²) in [5, 5.41) is 6.52. The standard InChI is InChI=1S/C15H28N4O2/c1-6-16-12-11-13(17-7-8-21-10-9-20-5)19-14(18-12)15(2,3)4/h11H,6-10H2,1-5H3,(H2,16,17,18,19). The molecule has 0 aliphatic rings. The first-order valence-corrected chi connectivity index (χ1v) is 7.41. The summed E-state index contributed by atoms with van der Waals surface area (Å²) in [5.41, 5.74) is -0.0865. The van der Waals surface area contributed by atoms with Gasteiger partial charge in [0.15, 0.2) is 0 Å². The van der Waals surface area contributed by atoms with Gasteiger partial charge in [-0.2, -0.15) is 0 Å². The Morgan fingerprint density at radius 2 is 1.71 bits per heavy atom. The molecule has 0 saturated heterocycles. The van der Waals surface area contributed by atoms with E-state index in [0.29, 0.717) is 26.4 Å². The number of hydrogen-bond donors (Lipinski definition) is 2. The number of ether oxygens (including phenoxy) is 2. The Labute approximate surface area is 127 Å². The van der Waals surface area contributed by atoms with Gasteiger partial charge in [-0.15, -0.1) is 0 Å². The summed E-state index contributed by atoms with van der Waals surface area (Å²) >= 11 is 0. The van der Waals surface area contributed by atoms with Crippen molar-refractivity contribution in [3.05, 3.63) is 11.9 Å². The number of aromatic nitrogens is 2. The van der Waals surface area contributed by atoms with Crippen molar-refractivity contribution in [1.82, 2.24) is 9.97 Å². The summed E-state index contributed by atoms with van der Waals surface area (Å²) in [6.07, 6.45) is 0. The molecule has 0 atom stereocenters. The van der Waals surface area contributed by atoms with Crippen LogP contribution in [-0.4, -0.2) is 50.0 Å². The molecule has 0 aliphatic heterocycles. The molecule has 6 nitrogen and oxygen atoms in total. The number of nitrogens with zero attached hydrogens (tertiary/aromatic N) is 2. The van der Waals surface area contributed by atoms with Gasteiger partial charge in [0.1, 0.15) is 17.5 Å². The summed E-state index contributed by atoms with van der Waals surface area (Å²) in [5.74, 6) is 2.49. The van der Waals surface area contributed by atoms with E-state index in [1.54, 1.807) is 7.11 Å². The highest BCUT2D eigenvalue weighted by atomic mass is 16.5. The van der Waals surface area contributed by atoms with Gasteiger partial charge in [0, 0.05) is 31.7 Å². The maximum atomic E-state index is 5.42. The molecule has 2 N–H and O–H groups in total. The third-order valence-electron chi connectivity index (χ3n) is 2.74. The van der Waals surface area contributed by atoms with E-state index in [4.69, 9.17) is 9.47 Å². The van der Waals surface area contributed by atoms with Gasteiger partial charge in [0.05, 0.1) is 19.8 Å². The molecule has 1 aromatic rings. The van der Waals surface area contributed by atoms with E-state index >= 15 is 0 Å². The molecule has 120 valence electrons. The second-order valence-corrected chi connectivity index (χ2v) is 5.77. The normalized spacial score (nSPS) is 11.5. The second kappa shape index (κ2) is 8.79. The van der Waals surface area contributed by atoms with Gasteiger partial charge < -0.3 is 20.1 Å². The van der Waals surface area contributed by atoms with Gasteiger partial charge in [-0.25, -0.2) is 9.97 Å². The quantitative estimate of drug-likeness (QED) is 0.681. The van der Waals surface area contributed by atoms with Gasteiger partial charge >= 0.3 is 0 Å². The van der Waals surface area contributed by atoms with Crippen molar-refractivity contribution in [3.8, 4) is 0 Å². The predicted octanol–water partition coefficient (Wildman–Crippen LogP) is 2.28. The topological polar surface area (TPSA) is 68.3 Å². The van der Waals surface area contributed by atoms with Crippen molar-refractivity contribution in [2.75, 3.05) is 50.7 Å². The van der Waals surface area contributed by atoms with Gasteiger partial charge in [-0.05, 0) is 6.92 Å². The lowest BCUT2D eigenvalue weighted by Gasteiger charge is -2.19. The molecule has 0 unspecified atom stereocenters. The van der Waals surface area contributed by atoms with Crippen molar-refractivity contribution >= 4 is 11.6 Å². The van der Waals surface area contributed by atoms with Crippen LogP contribution in [0.15, 0.2) is 6.07 Å². The smallest absolute Gasteiger partial charge is 0.138 e. The van der Waals surface area contributed by atoms with Crippen molar-refractivity contribution in [1.29, 1.82) is 0 Å². The Kier molecular flexibility index (Phi) is 7.39. The van der Waals surface area contributed by atoms with Crippen LogP contribution in [-0.2, 0) is 14.9 Å². The van der Waals surface area contributed by atoms with Gasteiger partial charge in [0.2, 0.25) is 0 Å². The van der Waals surface area contributed by atoms with Crippen LogP contribution in [0.4, 0.5) is 11.6 Å². The third-order valence-corrected chi connectivity index (χ3v) is 2.74. The minimum atomic E-state index is -0.0865. The molecule has 0 fully saturated rings. The fraction of sp³-hybridized carbons (Fsp3) is 0.733. The summed E-state index contributed by atoms with van der Waals surface area (Å²) < 4.78 is 10.4. The zero-order chi connectivity index (χ0) is 15.7. The number of methoxy groups -OCH3 is 1. The van der Waals surface area contributed by atoms with E-state index in [1.165, 1.54) is 0 Å². The van der Waals surface area contributed by atoms with Crippen LogP contribution < -0.4 is 10.6 Å². The number of anilines is 2. The van der Waals surface area contributed by atoms with Crippen molar-refractivity contribution in [2.24, 2.45) is 0 Å². The summed E-state index contributed by atoms with van der Waals surface area (Å²) in [6, 6.07) is 1.92. The molecule has 0 spiro atoms. The van der Waals surface area contributed by atoms with E-state index in [0.717, 1.165) is 24.0 Å². The SMILES string of the molecule is CCNc1cc(NCCOCCOC)nc(C(C)(C)C)n1. The first-order valence-electron chi connectivity index (χ1n) is 7.41. The Morgan fingerprint density at radius 1 is 1.05 bits per heavy atom. The molecule has 1 heterocycles. The molecular formula is C15H28N4O2. The Balaban J connectivity index is 2.61. The van der Waals surface area contributed by atoms with Crippen LogP contribution in [0.3, 0.4) is 0 Å². The van der Waals surface area contributed by atoms with E-state index in [1.807, 2.05) is 6.07 Å². The lowest BCUT2D eigenvalue weighted by Crippen LogP contribution is -2.19. The molecule has 0 aromatic carbocycles. The molecule has 6 heteroatoms. The summed E-state index contributed by atoms with van der Waals surface area (Å²) in [6.45, 7) is 11.8. The van der Waals surface area contributed by atoms with Crippen molar-refractivity contribution in [2.45, 2.75) is 33.1 Å². The molecular weight excluding hydrogens is 268 g/mol. The molecule has 0 bridgehead atoms. The fourth-order valence-electron chi connectivity index (χ4n) is 1.64. The maximum absolute atomic E-state index is 5.42. The van der Waals surface area contributed by atoms with Gasteiger partial charge in [-0.1, -0.05) is 20.8 Å². The van der Waals surface area contributed by atoms with Crippen molar-refractivity contribution < 1.29 is 9.47 Å². The minimum absolute atomic E-state index is 0.0865. The Bertz CT molecular complexity index is 419. The third kappa shape index (κ3) is 6.73. The average molecular weight is 296 g/mol. The molecule has 0 saturated carbocycles. The van der Waals surface area contributed by atoms with Crippen LogP contribution in [0.5, 0.6) is 0 Å². The van der Waals surface area contributed by atoms with Crippen LogP contribution in [0.2, 0.25) is 0 Å². The largest absolute Gasteiger partial charge is 0.382 e. The molecule has 1 rings (SSSR count). The van der Waals surface area contributed by atoms with E-state index < -0.39 is 0 Å². The van der Waals surface area contributed by atoms with E-state index in [2.05, 4.69) is 48.3 Å².